The number of carbonyl (C=O) groups is 2. The van der Waals surface area contributed by atoms with Crippen molar-refractivity contribution < 1.29 is 19.2 Å². The van der Waals surface area contributed by atoms with E-state index >= 15 is 0 Å². The molecule has 1 rings (SSSR count). The molecule has 112 valence electrons. The van der Waals surface area contributed by atoms with Gasteiger partial charge in [-0.15, -0.1) is 0 Å². The standard InChI is InChI=1S/C11H18N4O4S/c1-2-20-6-4-7(12)9(16)11(18)15-14-10(17)8-3-5-13-19-8/h3,5,7,9,16H,2,4,6,12H2,1H3,(H,14,17)(H,15,18)/t7-,9?/m1/s1. The second-order valence-electron chi connectivity index (χ2n) is 3.91. The summed E-state index contributed by atoms with van der Waals surface area (Å²) < 4.78 is 4.60. The van der Waals surface area contributed by atoms with Crippen LogP contribution in [0.2, 0.25) is 0 Å². The molecule has 1 aromatic rings. The molecule has 2 amide bonds. The number of carbonyl (C=O) groups excluding carboxylic acids is 2. The summed E-state index contributed by atoms with van der Waals surface area (Å²) in [6, 6.07) is 0.655. The first kappa shape index (κ1) is 16.5. The zero-order valence-corrected chi connectivity index (χ0v) is 11.9. The summed E-state index contributed by atoms with van der Waals surface area (Å²) >= 11 is 1.67. The third-order valence-corrected chi connectivity index (χ3v) is 3.37. The van der Waals surface area contributed by atoms with E-state index < -0.39 is 24.0 Å². The highest BCUT2D eigenvalue weighted by Gasteiger charge is 2.23. The van der Waals surface area contributed by atoms with Crippen molar-refractivity contribution in [3.05, 3.63) is 18.0 Å². The van der Waals surface area contributed by atoms with E-state index in [1.54, 1.807) is 11.8 Å². The fraction of sp³-hybridized carbons (Fsp3) is 0.545. The average molecular weight is 302 g/mol. The Morgan fingerprint density at radius 1 is 1.55 bits per heavy atom. The fourth-order valence-electron chi connectivity index (χ4n) is 1.30. The summed E-state index contributed by atoms with van der Waals surface area (Å²) in [6.07, 6.45) is 0.415. The molecule has 20 heavy (non-hydrogen) atoms. The molecule has 8 nitrogen and oxygen atoms in total. The quantitative estimate of drug-likeness (QED) is 0.385. The van der Waals surface area contributed by atoms with Gasteiger partial charge in [-0.3, -0.25) is 20.4 Å². The third-order valence-electron chi connectivity index (χ3n) is 2.43. The molecule has 0 aromatic carbocycles. The summed E-state index contributed by atoms with van der Waals surface area (Å²) in [5.74, 6) is 0.211. The summed E-state index contributed by atoms with van der Waals surface area (Å²) in [5, 5.41) is 13.1. The van der Waals surface area contributed by atoms with Crippen LogP contribution >= 0.6 is 11.8 Å². The lowest BCUT2D eigenvalue weighted by Crippen LogP contribution is -2.52. The van der Waals surface area contributed by atoms with Gasteiger partial charge in [0.1, 0.15) is 6.10 Å². The largest absolute Gasteiger partial charge is 0.382 e. The minimum absolute atomic E-state index is 0.0524. The zero-order chi connectivity index (χ0) is 15.0. The van der Waals surface area contributed by atoms with E-state index in [2.05, 4.69) is 20.5 Å². The lowest BCUT2D eigenvalue weighted by atomic mass is 10.1. The highest BCUT2D eigenvalue weighted by Crippen LogP contribution is 2.05. The number of hydrogen-bond donors (Lipinski definition) is 4. The number of rotatable bonds is 7. The van der Waals surface area contributed by atoms with Crippen LogP contribution in [0, 0.1) is 0 Å². The molecule has 0 saturated heterocycles. The molecular formula is C11H18N4O4S. The molecule has 0 aliphatic rings. The molecule has 0 radical (unpaired) electrons. The maximum Gasteiger partial charge on any atom is 0.308 e. The SMILES string of the molecule is CCSCC[C@@H](N)C(O)C(=O)NNC(=O)c1ccno1. The van der Waals surface area contributed by atoms with Crippen LogP contribution in [0.4, 0.5) is 0 Å². The highest BCUT2D eigenvalue weighted by atomic mass is 32.2. The Morgan fingerprint density at radius 3 is 2.90 bits per heavy atom. The molecule has 0 aliphatic heterocycles. The van der Waals surface area contributed by atoms with Crippen LogP contribution in [-0.2, 0) is 4.79 Å². The van der Waals surface area contributed by atoms with Crippen LogP contribution < -0.4 is 16.6 Å². The van der Waals surface area contributed by atoms with Gasteiger partial charge in [-0.2, -0.15) is 11.8 Å². The fourth-order valence-corrected chi connectivity index (χ4v) is 2.03. The Balaban J connectivity index is 2.32. The number of hydrogen-bond acceptors (Lipinski definition) is 7. The zero-order valence-electron chi connectivity index (χ0n) is 11.0. The maximum absolute atomic E-state index is 11.6. The molecule has 1 heterocycles. The van der Waals surface area contributed by atoms with Gasteiger partial charge in [0.25, 0.3) is 5.91 Å². The topological polar surface area (TPSA) is 130 Å². The van der Waals surface area contributed by atoms with Gasteiger partial charge >= 0.3 is 5.91 Å². The molecule has 0 bridgehead atoms. The summed E-state index contributed by atoms with van der Waals surface area (Å²) in [4.78, 5) is 23.0. The Hall–Kier alpha value is -1.58. The van der Waals surface area contributed by atoms with Crippen molar-refractivity contribution in [2.45, 2.75) is 25.5 Å². The van der Waals surface area contributed by atoms with Crippen molar-refractivity contribution in [1.29, 1.82) is 0 Å². The number of aromatic nitrogens is 1. The minimum Gasteiger partial charge on any atom is -0.382 e. The van der Waals surface area contributed by atoms with Crippen molar-refractivity contribution in [2.24, 2.45) is 5.73 Å². The first-order valence-corrected chi connectivity index (χ1v) is 7.24. The van der Waals surface area contributed by atoms with Crippen LogP contribution in [-0.4, -0.2) is 45.7 Å². The molecule has 5 N–H and O–H groups in total. The molecule has 0 aliphatic carbocycles. The Kier molecular flexibility index (Phi) is 7.05. The van der Waals surface area contributed by atoms with Crippen LogP contribution in [0.25, 0.3) is 0 Å². The minimum atomic E-state index is -1.39. The maximum atomic E-state index is 11.6. The van der Waals surface area contributed by atoms with Gasteiger partial charge in [0.2, 0.25) is 5.76 Å². The molecule has 0 spiro atoms. The second-order valence-corrected chi connectivity index (χ2v) is 5.31. The van der Waals surface area contributed by atoms with Crippen molar-refractivity contribution in [3.8, 4) is 0 Å². The molecular weight excluding hydrogens is 284 g/mol. The number of nitrogens with two attached hydrogens (primary N) is 1. The predicted molar refractivity (Wildman–Crippen MR) is 73.7 cm³/mol. The molecule has 0 saturated carbocycles. The number of nitrogens with zero attached hydrogens (tertiary/aromatic N) is 1. The Morgan fingerprint density at radius 2 is 2.30 bits per heavy atom. The molecule has 1 unspecified atom stereocenters. The van der Waals surface area contributed by atoms with Gasteiger partial charge in [0.15, 0.2) is 0 Å². The predicted octanol–water partition coefficient (Wildman–Crippen LogP) is -0.733. The van der Waals surface area contributed by atoms with Crippen molar-refractivity contribution in [3.63, 3.8) is 0 Å². The van der Waals surface area contributed by atoms with Gasteiger partial charge in [0.05, 0.1) is 6.20 Å². The molecule has 9 heteroatoms. The number of nitrogens with one attached hydrogen (secondary N) is 2. The normalized spacial score (nSPS) is 13.6. The van der Waals surface area contributed by atoms with E-state index in [-0.39, 0.29) is 5.76 Å². The first-order valence-electron chi connectivity index (χ1n) is 6.08. The summed E-state index contributed by atoms with van der Waals surface area (Å²) in [6.45, 7) is 2.01. The summed E-state index contributed by atoms with van der Waals surface area (Å²) in [5.41, 5.74) is 9.87. The van der Waals surface area contributed by atoms with Crippen LogP contribution in [0.5, 0.6) is 0 Å². The van der Waals surface area contributed by atoms with E-state index in [4.69, 9.17) is 5.73 Å². The number of aliphatic hydroxyl groups is 1. The van der Waals surface area contributed by atoms with E-state index in [0.29, 0.717) is 6.42 Å². The summed E-state index contributed by atoms with van der Waals surface area (Å²) in [7, 11) is 0. The smallest absolute Gasteiger partial charge is 0.308 e. The van der Waals surface area contributed by atoms with Gasteiger partial charge in [0, 0.05) is 12.1 Å². The number of thioether (sulfide) groups is 1. The molecule has 1 aromatic heterocycles. The number of amides is 2. The van der Waals surface area contributed by atoms with Crippen LogP contribution in [0.1, 0.15) is 23.9 Å². The van der Waals surface area contributed by atoms with Crippen molar-refractivity contribution >= 4 is 23.6 Å². The van der Waals surface area contributed by atoms with Crippen molar-refractivity contribution in [1.82, 2.24) is 16.0 Å². The van der Waals surface area contributed by atoms with E-state index in [1.807, 2.05) is 6.92 Å². The molecule has 2 atom stereocenters. The van der Waals surface area contributed by atoms with Gasteiger partial charge in [-0.25, -0.2) is 0 Å². The lowest BCUT2D eigenvalue weighted by molar-refractivity contribution is -0.131. The number of hydrazine groups is 1. The first-order chi connectivity index (χ1) is 9.56. The van der Waals surface area contributed by atoms with Gasteiger partial charge < -0.3 is 15.4 Å². The highest BCUT2D eigenvalue weighted by molar-refractivity contribution is 7.99. The van der Waals surface area contributed by atoms with Crippen LogP contribution in [0.3, 0.4) is 0 Å². The van der Waals surface area contributed by atoms with Crippen molar-refractivity contribution in [2.75, 3.05) is 11.5 Å². The second kappa shape index (κ2) is 8.56. The van der Waals surface area contributed by atoms with E-state index in [9.17, 15) is 14.7 Å². The Bertz CT molecular complexity index is 426. The molecule has 0 fully saturated rings. The van der Waals surface area contributed by atoms with Gasteiger partial charge in [-0.05, 0) is 17.9 Å². The van der Waals surface area contributed by atoms with E-state index in [0.717, 1.165) is 11.5 Å². The van der Waals surface area contributed by atoms with Gasteiger partial charge in [-0.1, -0.05) is 12.1 Å². The number of aliphatic hydroxyl groups excluding tert-OH is 1. The lowest BCUT2D eigenvalue weighted by Gasteiger charge is -2.18. The average Bonchev–Trinajstić information content (AvgIpc) is 2.97. The Labute approximate surface area is 120 Å². The third kappa shape index (κ3) is 5.19. The monoisotopic (exact) mass is 302 g/mol. The van der Waals surface area contributed by atoms with E-state index in [1.165, 1.54) is 12.3 Å². The van der Waals surface area contributed by atoms with Crippen LogP contribution in [0.15, 0.2) is 16.8 Å².